The van der Waals surface area contributed by atoms with Gasteiger partial charge in [0, 0.05) is 19.0 Å². The van der Waals surface area contributed by atoms with Crippen LogP contribution >= 0.6 is 0 Å². The Labute approximate surface area is 126 Å². The van der Waals surface area contributed by atoms with Gasteiger partial charge in [-0.25, -0.2) is 0 Å². The first-order valence-corrected chi connectivity index (χ1v) is 7.46. The molecule has 0 aliphatic heterocycles. The Morgan fingerprint density at radius 2 is 1.90 bits per heavy atom. The smallest absolute Gasteiger partial charge is 0.315 e. The number of hydrogen-bond acceptors (Lipinski definition) is 4. The molecule has 0 bridgehead atoms. The van der Waals surface area contributed by atoms with E-state index in [2.05, 4.69) is 29.1 Å². The van der Waals surface area contributed by atoms with E-state index in [-0.39, 0.29) is 11.8 Å². The molecule has 4 nitrogen and oxygen atoms in total. The first-order chi connectivity index (χ1) is 10.1. The lowest BCUT2D eigenvalue weighted by atomic mass is 9.97. The molecule has 1 N–H and O–H groups in total. The van der Waals surface area contributed by atoms with Crippen LogP contribution in [0.3, 0.4) is 0 Å². The Balaban J connectivity index is 2.53. The molecule has 2 unspecified atom stereocenters. The maximum atomic E-state index is 12.1. The van der Waals surface area contributed by atoms with Crippen LogP contribution in [0.2, 0.25) is 0 Å². The minimum absolute atomic E-state index is 0.0686. The zero-order valence-corrected chi connectivity index (χ0v) is 13.1. The molecule has 21 heavy (non-hydrogen) atoms. The molecule has 0 saturated heterocycles. The zero-order valence-electron chi connectivity index (χ0n) is 13.1. The summed E-state index contributed by atoms with van der Waals surface area (Å²) in [7, 11) is 1.31. The summed E-state index contributed by atoms with van der Waals surface area (Å²) in [5.74, 6) is -1.22. The van der Waals surface area contributed by atoms with Gasteiger partial charge in [-0.05, 0) is 18.9 Å². The van der Waals surface area contributed by atoms with E-state index in [9.17, 15) is 9.59 Å². The van der Waals surface area contributed by atoms with Crippen LogP contribution in [0, 0.1) is 5.92 Å². The van der Waals surface area contributed by atoms with Gasteiger partial charge in [0.2, 0.25) is 0 Å². The molecule has 0 aliphatic rings. The van der Waals surface area contributed by atoms with E-state index in [0.29, 0.717) is 6.42 Å². The molecular formula is C17H25NO3. The van der Waals surface area contributed by atoms with Crippen molar-refractivity contribution in [3.63, 3.8) is 0 Å². The monoisotopic (exact) mass is 291 g/mol. The number of nitrogens with one attached hydrogen (secondary N) is 1. The van der Waals surface area contributed by atoms with Gasteiger partial charge in [-0.2, -0.15) is 0 Å². The number of esters is 1. The number of ether oxygens (including phenoxy) is 1. The molecular weight excluding hydrogens is 266 g/mol. The lowest BCUT2D eigenvalue weighted by Crippen LogP contribution is -2.34. The highest BCUT2D eigenvalue weighted by Crippen LogP contribution is 2.10. The van der Waals surface area contributed by atoms with Gasteiger partial charge in [-0.3, -0.25) is 9.59 Å². The van der Waals surface area contributed by atoms with Crippen molar-refractivity contribution in [2.75, 3.05) is 7.11 Å². The topological polar surface area (TPSA) is 55.4 Å². The van der Waals surface area contributed by atoms with Crippen LogP contribution in [-0.2, 0) is 20.9 Å². The summed E-state index contributed by atoms with van der Waals surface area (Å²) in [5, 5.41) is 3.41. The van der Waals surface area contributed by atoms with E-state index in [1.54, 1.807) is 6.92 Å². The van der Waals surface area contributed by atoms with Gasteiger partial charge in [-0.15, -0.1) is 0 Å². The number of ketones is 1. The highest BCUT2D eigenvalue weighted by molar-refractivity contribution is 5.98. The third-order valence-electron chi connectivity index (χ3n) is 3.56. The van der Waals surface area contributed by atoms with Gasteiger partial charge in [0.1, 0.15) is 11.7 Å². The molecule has 0 radical (unpaired) electrons. The average molecular weight is 291 g/mol. The first-order valence-electron chi connectivity index (χ1n) is 7.46. The molecule has 0 aromatic heterocycles. The molecule has 0 saturated carbocycles. The van der Waals surface area contributed by atoms with Crippen molar-refractivity contribution in [1.82, 2.24) is 5.32 Å². The van der Waals surface area contributed by atoms with Crippen molar-refractivity contribution >= 4 is 11.8 Å². The number of carbonyl (C=O) groups is 2. The maximum absolute atomic E-state index is 12.1. The van der Waals surface area contributed by atoms with Crippen molar-refractivity contribution in [3.05, 3.63) is 35.9 Å². The largest absolute Gasteiger partial charge is 0.468 e. The van der Waals surface area contributed by atoms with E-state index >= 15 is 0 Å². The van der Waals surface area contributed by atoms with Crippen LogP contribution in [0.1, 0.15) is 38.7 Å². The average Bonchev–Trinajstić information content (AvgIpc) is 2.52. The van der Waals surface area contributed by atoms with Crippen LogP contribution in [0.15, 0.2) is 30.3 Å². The fourth-order valence-corrected chi connectivity index (χ4v) is 2.21. The second-order valence-electron chi connectivity index (χ2n) is 5.27. The third-order valence-corrected chi connectivity index (χ3v) is 3.56. The van der Waals surface area contributed by atoms with E-state index in [1.165, 1.54) is 12.7 Å². The number of Topliss-reactive ketones (excluding diaryl/α,β-unsaturated/α-hetero) is 1. The summed E-state index contributed by atoms with van der Waals surface area (Å²) in [6.45, 7) is 4.42. The van der Waals surface area contributed by atoms with E-state index in [4.69, 9.17) is 0 Å². The van der Waals surface area contributed by atoms with Gasteiger partial charge >= 0.3 is 5.97 Å². The Morgan fingerprint density at radius 3 is 2.48 bits per heavy atom. The SMILES string of the molecule is CCCC(CC(=O)C(C)C(=O)OC)NCc1ccccc1. The minimum atomic E-state index is -0.687. The normalized spacial score (nSPS) is 13.5. The summed E-state index contributed by atoms with van der Waals surface area (Å²) >= 11 is 0. The predicted molar refractivity (Wildman–Crippen MR) is 82.8 cm³/mol. The molecule has 1 aromatic rings. The number of rotatable bonds is 9. The summed E-state index contributed by atoms with van der Waals surface area (Å²) in [4.78, 5) is 23.5. The lowest BCUT2D eigenvalue weighted by Gasteiger charge is -2.19. The molecule has 0 aliphatic carbocycles. The molecule has 1 rings (SSSR count). The van der Waals surface area contributed by atoms with Crippen LogP contribution in [0.4, 0.5) is 0 Å². The van der Waals surface area contributed by atoms with Gasteiger partial charge in [0.15, 0.2) is 0 Å². The van der Waals surface area contributed by atoms with Gasteiger partial charge in [0.25, 0.3) is 0 Å². The summed E-state index contributed by atoms with van der Waals surface area (Å²) < 4.78 is 4.62. The fourth-order valence-electron chi connectivity index (χ4n) is 2.21. The lowest BCUT2D eigenvalue weighted by molar-refractivity contribution is -0.148. The highest BCUT2D eigenvalue weighted by atomic mass is 16.5. The Kier molecular flexibility index (Phi) is 7.69. The van der Waals surface area contributed by atoms with E-state index in [1.807, 2.05) is 18.2 Å². The van der Waals surface area contributed by atoms with Crippen LogP contribution in [0.25, 0.3) is 0 Å². The maximum Gasteiger partial charge on any atom is 0.315 e. The van der Waals surface area contributed by atoms with Crippen molar-refractivity contribution in [1.29, 1.82) is 0 Å². The predicted octanol–water partition coefficient (Wildman–Crippen LogP) is 2.71. The molecule has 1 aromatic carbocycles. The zero-order chi connectivity index (χ0) is 15.7. The summed E-state index contributed by atoms with van der Waals surface area (Å²) in [6.07, 6.45) is 2.26. The highest BCUT2D eigenvalue weighted by Gasteiger charge is 2.24. The van der Waals surface area contributed by atoms with Gasteiger partial charge in [0.05, 0.1) is 7.11 Å². The Bertz CT molecular complexity index is 445. The third kappa shape index (κ3) is 6.08. The van der Waals surface area contributed by atoms with E-state index < -0.39 is 11.9 Å². The van der Waals surface area contributed by atoms with Crippen molar-refractivity contribution in [2.45, 2.75) is 45.7 Å². The van der Waals surface area contributed by atoms with E-state index in [0.717, 1.165) is 19.4 Å². The molecule has 116 valence electrons. The molecule has 0 amide bonds. The second kappa shape index (κ2) is 9.29. The Hall–Kier alpha value is -1.68. The summed E-state index contributed by atoms with van der Waals surface area (Å²) in [6, 6.07) is 10.2. The van der Waals surface area contributed by atoms with Crippen LogP contribution in [0.5, 0.6) is 0 Å². The standard InChI is InChI=1S/C17H25NO3/c1-4-8-15(11-16(19)13(2)17(20)21-3)18-12-14-9-6-5-7-10-14/h5-7,9-10,13,15,18H,4,8,11-12H2,1-3H3. The quantitative estimate of drug-likeness (QED) is 0.561. The number of carbonyl (C=O) groups excluding carboxylic acids is 2. The minimum Gasteiger partial charge on any atom is -0.468 e. The fraction of sp³-hybridized carbons (Fsp3) is 0.529. The molecule has 0 spiro atoms. The number of methoxy groups -OCH3 is 1. The van der Waals surface area contributed by atoms with Crippen molar-refractivity contribution in [2.24, 2.45) is 5.92 Å². The van der Waals surface area contributed by atoms with Crippen molar-refractivity contribution in [3.8, 4) is 0 Å². The Morgan fingerprint density at radius 1 is 1.24 bits per heavy atom. The van der Waals surface area contributed by atoms with Crippen LogP contribution < -0.4 is 5.32 Å². The number of hydrogen-bond donors (Lipinski definition) is 1. The first kappa shape index (κ1) is 17.4. The molecule has 0 fully saturated rings. The second-order valence-corrected chi connectivity index (χ2v) is 5.27. The van der Waals surface area contributed by atoms with Gasteiger partial charge in [-0.1, -0.05) is 43.7 Å². The number of benzene rings is 1. The molecule has 0 heterocycles. The molecule has 4 heteroatoms. The van der Waals surface area contributed by atoms with Gasteiger partial charge < -0.3 is 10.1 Å². The van der Waals surface area contributed by atoms with Crippen molar-refractivity contribution < 1.29 is 14.3 Å². The molecule has 2 atom stereocenters. The summed E-state index contributed by atoms with van der Waals surface area (Å²) in [5.41, 5.74) is 1.19. The van der Waals surface area contributed by atoms with Crippen LogP contribution in [-0.4, -0.2) is 24.9 Å².